The van der Waals surface area contributed by atoms with Crippen LogP contribution < -0.4 is 10.9 Å². The summed E-state index contributed by atoms with van der Waals surface area (Å²) in [6.07, 6.45) is -3.18. The Morgan fingerprint density at radius 1 is 1.19 bits per heavy atom. The van der Waals surface area contributed by atoms with Gasteiger partial charge in [-0.2, -0.15) is 13.2 Å². The van der Waals surface area contributed by atoms with E-state index in [0.29, 0.717) is 28.1 Å². The molecule has 0 spiro atoms. The molecule has 0 amide bonds. The van der Waals surface area contributed by atoms with Crippen molar-refractivity contribution in [2.24, 2.45) is 0 Å². The molecular formula is C22H22F4N4O. The van der Waals surface area contributed by atoms with Crippen molar-refractivity contribution >= 4 is 16.7 Å². The van der Waals surface area contributed by atoms with Crippen molar-refractivity contribution in [3.05, 3.63) is 63.3 Å². The van der Waals surface area contributed by atoms with Crippen LogP contribution in [0.5, 0.6) is 0 Å². The Morgan fingerprint density at radius 2 is 1.90 bits per heavy atom. The van der Waals surface area contributed by atoms with E-state index >= 15 is 0 Å². The van der Waals surface area contributed by atoms with E-state index in [0.717, 1.165) is 6.07 Å². The van der Waals surface area contributed by atoms with Gasteiger partial charge in [0.25, 0.3) is 5.56 Å². The van der Waals surface area contributed by atoms with Crippen molar-refractivity contribution in [2.75, 3.05) is 5.32 Å². The summed E-state index contributed by atoms with van der Waals surface area (Å²) in [4.78, 5) is 21.2. The van der Waals surface area contributed by atoms with Gasteiger partial charge in [0.05, 0.1) is 22.5 Å². The van der Waals surface area contributed by atoms with Crippen LogP contribution in [0, 0.1) is 13.8 Å². The number of benzene rings is 1. The van der Waals surface area contributed by atoms with Crippen LogP contribution in [0.1, 0.15) is 54.4 Å². The fourth-order valence-corrected chi connectivity index (χ4v) is 4.09. The van der Waals surface area contributed by atoms with Gasteiger partial charge in [0.1, 0.15) is 17.8 Å². The summed E-state index contributed by atoms with van der Waals surface area (Å²) in [5, 5.41) is 3.74. The molecule has 164 valence electrons. The molecule has 1 atom stereocenters. The maximum Gasteiger partial charge on any atom is 0.416 e. The van der Waals surface area contributed by atoms with E-state index in [-0.39, 0.29) is 30.0 Å². The third-order valence-electron chi connectivity index (χ3n) is 5.82. The summed E-state index contributed by atoms with van der Waals surface area (Å²) in [7, 11) is 0. The molecule has 2 heterocycles. The highest BCUT2D eigenvalue weighted by molar-refractivity contribution is 5.88. The lowest BCUT2D eigenvalue weighted by atomic mass is 9.90. The fraction of sp³-hybridized carbons (Fsp3) is 0.409. The molecule has 4 rings (SSSR count). The number of pyridine rings is 1. The standard InChI is InChI=1S/C22H22F4N4O/c1-11-16(5-4-6-18(11)22(24,25)26)12(2)27-21-17-10-30(15-7-14(23)8-15)20(31)9-19(17)28-13(3)29-21/h4-6,9-10,12,14-15H,7-8H2,1-3H3,(H,27,28,29). The Hall–Kier alpha value is -2.97. The highest BCUT2D eigenvalue weighted by atomic mass is 19.4. The smallest absolute Gasteiger partial charge is 0.363 e. The molecule has 1 N–H and O–H groups in total. The third-order valence-corrected chi connectivity index (χ3v) is 5.82. The molecular weight excluding hydrogens is 412 g/mol. The van der Waals surface area contributed by atoms with E-state index in [1.807, 2.05) is 0 Å². The van der Waals surface area contributed by atoms with E-state index in [1.165, 1.54) is 23.6 Å². The van der Waals surface area contributed by atoms with Crippen molar-refractivity contribution < 1.29 is 17.6 Å². The van der Waals surface area contributed by atoms with Crippen LogP contribution in [0.4, 0.5) is 23.4 Å². The highest BCUT2D eigenvalue weighted by Gasteiger charge is 2.33. The van der Waals surface area contributed by atoms with E-state index in [4.69, 9.17) is 0 Å². The predicted molar refractivity (Wildman–Crippen MR) is 110 cm³/mol. The Labute approximate surface area is 176 Å². The van der Waals surface area contributed by atoms with Gasteiger partial charge in [-0.1, -0.05) is 12.1 Å². The van der Waals surface area contributed by atoms with Crippen LogP contribution in [-0.4, -0.2) is 20.7 Å². The number of aryl methyl sites for hydroxylation is 1. The van der Waals surface area contributed by atoms with E-state index < -0.39 is 24.0 Å². The second-order valence-electron chi connectivity index (χ2n) is 8.04. The first-order valence-electron chi connectivity index (χ1n) is 10.0. The molecule has 1 saturated carbocycles. The minimum atomic E-state index is -4.44. The zero-order chi connectivity index (χ0) is 22.5. The number of fused-ring (bicyclic) bond motifs is 1. The molecule has 1 aliphatic carbocycles. The first kappa shape index (κ1) is 21.3. The van der Waals surface area contributed by atoms with Gasteiger partial charge < -0.3 is 9.88 Å². The fourth-order valence-electron chi connectivity index (χ4n) is 4.09. The molecule has 0 aliphatic heterocycles. The average Bonchev–Trinajstić information content (AvgIpc) is 2.64. The molecule has 9 heteroatoms. The molecule has 2 aromatic heterocycles. The van der Waals surface area contributed by atoms with E-state index in [2.05, 4.69) is 15.3 Å². The lowest BCUT2D eigenvalue weighted by Crippen LogP contribution is -2.34. The Kier molecular flexibility index (Phi) is 5.23. The van der Waals surface area contributed by atoms with Gasteiger partial charge in [-0.05, 0) is 50.8 Å². The molecule has 5 nitrogen and oxygen atoms in total. The molecule has 3 aromatic rings. The lowest BCUT2D eigenvalue weighted by Gasteiger charge is -2.31. The normalized spacial score (nSPS) is 19.8. The Bertz CT molecular complexity index is 1200. The molecule has 1 unspecified atom stereocenters. The van der Waals surface area contributed by atoms with Crippen LogP contribution in [0.25, 0.3) is 10.9 Å². The zero-order valence-electron chi connectivity index (χ0n) is 17.3. The lowest BCUT2D eigenvalue weighted by molar-refractivity contribution is -0.138. The predicted octanol–water partition coefficient (Wildman–Crippen LogP) is 5.27. The molecule has 0 radical (unpaired) electrons. The monoisotopic (exact) mass is 434 g/mol. The van der Waals surface area contributed by atoms with Gasteiger partial charge in [-0.3, -0.25) is 4.79 Å². The molecule has 1 aromatic carbocycles. The van der Waals surface area contributed by atoms with Gasteiger partial charge in [0.2, 0.25) is 0 Å². The number of nitrogens with one attached hydrogen (secondary N) is 1. The molecule has 1 fully saturated rings. The average molecular weight is 434 g/mol. The van der Waals surface area contributed by atoms with Gasteiger partial charge in [-0.25, -0.2) is 14.4 Å². The number of hydrogen-bond donors (Lipinski definition) is 1. The maximum atomic E-state index is 13.3. The number of nitrogens with zero attached hydrogens (tertiary/aromatic N) is 3. The molecule has 31 heavy (non-hydrogen) atoms. The summed E-state index contributed by atoms with van der Waals surface area (Å²) in [5.74, 6) is 0.837. The number of hydrogen-bond acceptors (Lipinski definition) is 4. The SMILES string of the molecule is Cc1nc(NC(C)c2cccc(C(F)(F)F)c2C)c2cn(C3CC(F)C3)c(=O)cc2n1. The zero-order valence-corrected chi connectivity index (χ0v) is 17.3. The van der Waals surface area contributed by atoms with Crippen LogP contribution in [-0.2, 0) is 6.18 Å². The number of rotatable bonds is 4. The van der Waals surface area contributed by atoms with Crippen molar-refractivity contribution in [1.29, 1.82) is 0 Å². The molecule has 0 bridgehead atoms. The second-order valence-corrected chi connectivity index (χ2v) is 8.04. The van der Waals surface area contributed by atoms with Crippen LogP contribution >= 0.6 is 0 Å². The Morgan fingerprint density at radius 3 is 2.55 bits per heavy atom. The van der Waals surface area contributed by atoms with Crippen LogP contribution in [0.15, 0.2) is 35.3 Å². The maximum absolute atomic E-state index is 13.3. The van der Waals surface area contributed by atoms with Gasteiger partial charge in [0.15, 0.2) is 0 Å². The molecule has 1 aliphatic rings. The van der Waals surface area contributed by atoms with Crippen molar-refractivity contribution in [1.82, 2.24) is 14.5 Å². The minimum Gasteiger partial charge on any atom is -0.363 e. The van der Waals surface area contributed by atoms with Crippen molar-refractivity contribution in [3.63, 3.8) is 0 Å². The topological polar surface area (TPSA) is 59.8 Å². The second kappa shape index (κ2) is 7.62. The largest absolute Gasteiger partial charge is 0.416 e. The van der Waals surface area contributed by atoms with E-state index in [1.54, 1.807) is 26.1 Å². The van der Waals surface area contributed by atoms with Crippen LogP contribution in [0.3, 0.4) is 0 Å². The van der Waals surface area contributed by atoms with Crippen molar-refractivity contribution in [3.8, 4) is 0 Å². The number of halogens is 4. The summed E-state index contributed by atoms with van der Waals surface area (Å²) >= 11 is 0. The minimum absolute atomic E-state index is 0.144. The van der Waals surface area contributed by atoms with Crippen molar-refractivity contribution in [2.45, 2.75) is 58.0 Å². The number of anilines is 1. The molecule has 0 saturated heterocycles. The summed E-state index contributed by atoms with van der Waals surface area (Å²) in [6, 6.07) is 4.77. The number of aromatic nitrogens is 3. The Balaban J connectivity index is 1.74. The third kappa shape index (κ3) is 4.00. The summed E-state index contributed by atoms with van der Waals surface area (Å²) in [5.41, 5.74) is 0.120. The number of alkyl halides is 4. The summed E-state index contributed by atoms with van der Waals surface area (Å²) < 4.78 is 54.7. The highest BCUT2D eigenvalue weighted by Crippen LogP contribution is 2.36. The first-order valence-corrected chi connectivity index (χ1v) is 10.0. The van der Waals surface area contributed by atoms with E-state index in [9.17, 15) is 22.4 Å². The van der Waals surface area contributed by atoms with Crippen LogP contribution in [0.2, 0.25) is 0 Å². The summed E-state index contributed by atoms with van der Waals surface area (Å²) in [6.45, 7) is 4.87. The van der Waals surface area contributed by atoms with Gasteiger partial charge in [-0.15, -0.1) is 0 Å². The quantitative estimate of drug-likeness (QED) is 0.568. The van der Waals surface area contributed by atoms with Gasteiger partial charge >= 0.3 is 6.18 Å². The first-order chi connectivity index (χ1) is 14.5. The van der Waals surface area contributed by atoms with Gasteiger partial charge in [0, 0.05) is 18.3 Å².